The van der Waals surface area contributed by atoms with Gasteiger partial charge in [-0.15, -0.1) is 0 Å². The van der Waals surface area contributed by atoms with E-state index in [0.717, 1.165) is 25.1 Å². The summed E-state index contributed by atoms with van der Waals surface area (Å²) < 4.78 is 5.57. The number of rotatable bonds is 6. The summed E-state index contributed by atoms with van der Waals surface area (Å²) in [4.78, 5) is 13.4. The third-order valence-electron chi connectivity index (χ3n) is 4.07. The van der Waals surface area contributed by atoms with Crippen molar-refractivity contribution in [3.05, 3.63) is 29.3 Å². The van der Waals surface area contributed by atoms with Crippen LogP contribution in [0.2, 0.25) is 0 Å². The first-order chi connectivity index (χ1) is 10.0. The highest BCUT2D eigenvalue weighted by Gasteiger charge is 2.30. The molecule has 1 N–H and O–H groups in total. The summed E-state index contributed by atoms with van der Waals surface area (Å²) >= 11 is 0. The van der Waals surface area contributed by atoms with E-state index >= 15 is 0 Å². The van der Waals surface area contributed by atoms with Gasteiger partial charge in [-0.3, -0.25) is 9.69 Å². The summed E-state index contributed by atoms with van der Waals surface area (Å²) in [5.74, 6) is 0.581. The average Bonchev–Trinajstić information content (AvgIpc) is 2.89. The maximum Gasteiger partial charge on any atom is 0.320 e. The van der Waals surface area contributed by atoms with Crippen molar-refractivity contribution >= 4 is 5.97 Å². The molecule has 0 radical (unpaired) electrons. The monoisotopic (exact) mass is 291 g/mol. The van der Waals surface area contributed by atoms with E-state index in [0.29, 0.717) is 19.1 Å². The van der Waals surface area contributed by atoms with Crippen molar-refractivity contribution in [3.8, 4) is 5.75 Å². The number of likely N-dealkylation sites (tertiary alicyclic amines) is 1. The lowest BCUT2D eigenvalue weighted by molar-refractivity contribution is -0.142. The number of nitrogens with zero attached hydrogens (tertiary/aromatic N) is 1. The number of carboxylic acids is 1. The third-order valence-corrected chi connectivity index (χ3v) is 4.07. The van der Waals surface area contributed by atoms with E-state index in [-0.39, 0.29) is 6.04 Å². The fraction of sp³-hybridized carbons (Fsp3) is 0.588. The quantitative estimate of drug-likeness (QED) is 0.874. The zero-order valence-electron chi connectivity index (χ0n) is 13.1. The van der Waals surface area contributed by atoms with Crippen LogP contribution in [0.25, 0.3) is 0 Å². The second-order valence-electron chi connectivity index (χ2n) is 5.92. The maximum atomic E-state index is 11.3. The van der Waals surface area contributed by atoms with E-state index in [1.54, 1.807) is 0 Å². The Balaban J connectivity index is 2.20. The Morgan fingerprint density at radius 3 is 2.86 bits per heavy atom. The molecule has 1 aliphatic heterocycles. The Hall–Kier alpha value is -1.55. The Bertz CT molecular complexity index is 499. The van der Waals surface area contributed by atoms with Crippen LogP contribution in [0.4, 0.5) is 0 Å². The third kappa shape index (κ3) is 3.76. The average molecular weight is 291 g/mol. The highest BCUT2D eigenvalue weighted by atomic mass is 16.5. The minimum absolute atomic E-state index is 0.336. The van der Waals surface area contributed by atoms with Gasteiger partial charge in [0.05, 0.1) is 6.61 Å². The summed E-state index contributed by atoms with van der Waals surface area (Å²) in [7, 11) is 0. The first-order valence-electron chi connectivity index (χ1n) is 7.75. The fourth-order valence-electron chi connectivity index (χ4n) is 3.02. The van der Waals surface area contributed by atoms with Crippen LogP contribution in [0.15, 0.2) is 18.2 Å². The molecule has 1 heterocycles. The summed E-state index contributed by atoms with van der Waals surface area (Å²) in [5.41, 5.74) is 2.46. The van der Waals surface area contributed by atoms with E-state index in [1.807, 2.05) is 13.0 Å². The maximum absolute atomic E-state index is 11.3. The highest BCUT2D eigenvalue weighted by Crippen LogP contribution is 2.28. The molecule has 0 bridgehead atoms. The van der Waals surface area contributed by atoms with E-state index in [4.69, 9.17) is 4.74 Å². The molecule has 2 rings (SSSR count). The van der Waals surface area contributed by atoms with Crippen molar-refractivity contribution in [2.75, 3.05) is 13.2 Å². The molecule has 0 aliphatic carbocycles. The van der Waals surface area contributed by atoms with Crippen LogP contribution in [0, 0.1) is 0 Å². The van der Waals surface area contributed by atoms with Crippen LogP contribution in [0.3, 0.4) is 0 Å². The van der Waals surface area contributed by atoms with E-state index in [9.17, 15) is 9.90 Å². The van der Waals surface area contributed by atoms with Gasteiger partial charge in [0.2, 0.25) is 0 Å². The van der Waals surface area contributed by atoms with E-state index in [2.05, 4.69) is 30.9 Å². The largest absolute Gasteiger partial charge is 0.494 e. The minimum Gasteiger partial charge on any atom is -0.494 e. The Kier molecular flexibility index (Phi) is 5.23. The fourth-order valence-corrected chi connectivity index (χ4v) is 3.02. The standard InChI is InChI=1S/C17H25NO3/c1-4-21-14-8-7-13(15(10-14)12(2)3)11-18-9-5-6-16(18)17(19)20/h7-8,10,12,16H,4-6,9,11H2,1-3H3,(H,19,20). The number of aliphatic carboxylic acids is 1. The number of hydrogen-bond donors (Lipinski definition) is 1. The van der Waals surface area contributed by atoms with Crippen molar-refractivity contribution in [3.63, 3.8) is 0 Å². The van der Waals surface area contributed by atoms with E-state index in [1.165, 1.54) is 11.1 Å². The Morgan fingerprint density at radius 2 is 2.24 bits per heavy atom. The molecule has 1 unspecified atom stereocenters. The molecule has 4 nitrogen and oxygen atoms in total. The Morgan fingerprint density at radius 1 is 1.48 bits per heavy atom. The van der Waals surface area contributed by atoms with Crippen molar-refractivity contribution < 1.29 is 14.6 Å². The molecule has 1 saturated heterocycles. The zero-order chi connectivity index (χ0) is 15.4. The topological polar surface area (TPSA) is 49.8 Å². The first kappa shape index (κ1) is 15.8. The van der Waals surface area contributed by atoms with Crippen LogP contribution in [0.5, 0.6) is 5.75 Å². The second kappa shape index (κ2) is 6.94. The van der Waals surface area contributed by atoms with Crippen molar-refractivity contribution in [1.82, 2.24) is 4.90 Å². The van der Waals surface area contributed by atoms with Gasteiger partial charge in [-0.2, -0.15) is 0 Å². The minimum atomic E-state index is -0.704. The molecule has 4 heteroatoms. The molecule has 1 fully saturated rings. The normalized spacial score (nSPS) is 19.1. The van der Waals surface area contributed by atoms with Gasteiger partial charge in [0.25, 0.3) is 0 Å². The van der Waals surface area contributed by atoms with Gasteiger partial charge in [-0.25, -0.2) is 0 Å². The molecular weight excluding hydrogens is 266 g/mol. The second-order valence-corrected chi connectivity index (χ2v) is 5.92. The lowest BCUT2D eigenvalue weighted by Gasteiger charge is -2.24. The number of hydrogen-bond acceptors (Lipinski definition) is 3. The molecule has 0 amide bonds. The molecule has 21 heavy (non-hydrogen) atoms. The summed E-state index contributed by atoms with van der Waals surface area (Å²) in [5, 5.41) is 9.29. The van der Waals surface area contributed by atoms with Crippen LogP contribution in [-0.2, 0) is 11.3 Å². The number of carbonyl (C=O) groups is 1. The van der Waals surface area contributed by atoms with Crippen molar-refractivity contribution in [1.29, 1.82) is 0 Å². The van der Waals surface area contributed by atoms with Gasteiger partial charge in [0.15, 0.2) is 0 Å². The summed E-state index contributed by atoms with van der Waals surface area (Å²) in [6.07, 6.45) is 1.72. The van der Waals surface area contributed by atoms with Crippen LogP contribution in [0.1, 0.15) is 50.7 Å². The van der Waals surface area contributed by atoms with Crippen LogP contribution >= 0.6 is 0 Å². The van der Waals surface area contributed by atoms with Crippen molar-refractivity contribution in [2.45, 2.75) is 52.1 Å². The number of ether oxygens (including phenoxy) is 1. The molecule has 1 aromatic carbocycles. The first-order valence-corrected chi connectivity index (χ1v) is 7.75. The van der Waals surface area contributed by atoms with Crippen molar-refractivity contribution in [2.24, 2.45) is 0 Å². The SMILES string of the molecule is CCOc1ccc(CN2CCCC2C(=O)O)c(C(C)C)c1. The Labute approximate surface area is 126 Å². The molecule has 116 valence electrons. The van der Waals surface area contributed by atoms with Gasteiger partial charge in [0, 0.05) is 6.54 Å². The molecule has 1 atom stereocenters. The predicted octanol–water partition coefficient (Wildman–Crippen LogP) is 3.26. The molecular formula is C17H25NO3. The van der Waals surface area contributed by atoms with Gasteiger partial charge < -0.3 is 9.84 Å². The lowest BCUT2D eigenvalue weighted by atomic mass is 9.96. The summed E-state index contributed by atoms with van der Waals surface area (Å²) in [6, 6.07) is 5.82. The van der Waals surface area contributed by atoms with Crippen LogP contribution < -0.4 is 4.74 Å². The molecule has 1 aliphatic rings. The predicted molar refractivity (Wildman–Crippen MR) is 82.8 cm³/mol. The molecule has 0 saturated carbocycles. The van der Waals surface area contributed by atoms with Crippen LogP contribution in [-0.4, -0.2) is 35.2 Å². The molecule has 0 aromatic heterocycles. The highest BCUT2D eigenvalue weighted by molar-refractivity contribution is 5.73. The zero-order valence-corrected chi connectivity index (χ0v) is 13.1. The summed E-state index contributed by atoms with van der Waals surface area (Å²) in [6.45, 7) is 8.52. The van der Waals surface area contributed by atoms with Gasteiger partial charge in [-0.05, 0) is 55.5 Å². The van der Waals surface area contributed by atoms with E-state index < -0.39 is 5.97 Å². The molecule has 1 aromatic rings. The number of carboxylic acid groups (broad SMARTS) is 1. The lowest BCUT2D eigenvalue weighted by Crippen LogP contribution is -2.35. The van der Waals surface area contributed by atoms with Gasteiger partial charge in [0.1, 0.15) is 11.8 Å². The number of benzene rings is 1. The smallest absolute Gasteiger partial charge is 0.320 e. The molecule has 0 spiro atoms. The van der Waals surface area contributed by atoms with Gasteiger partial charge >= 0.3 is 5.97 Å². The van der Waals surface area contributed by atoms with Gasteiger partial charge in [-0.1, -0.05) is 19.9 Å².